The Kier molecular flexibility index (Phi) is 5.24. The van der Waals surface area contributed by atoms with Gasteiger partial charge in [0.25, 0.3) is 0 Å². The summed E-state index contributed by atoms with van der Waals surface area (Å²) in [5, 5.41) is 4.07. The zero-order valence-electron chi connectivity index (χ0n) is 15.1. The highest BCUT2D eigenvalue weighted by molar-refractivity contribution is 5.95. The molecule has 0 N–H and O–H groups in total. The summed E-state index contributed by atoms with van der Waals surface area (Å²) in [5.74, 6) is 1.83. The normalized spacial score (nSPS) is 10.6. The largest absolute Gasteiger partial charge is 0.439 e. The van der Waals surface area contributed by atoms with E-state index in [9.17, 15) is 4.79 Å². The molecule has 0 amide bonds. The summed E-state index contributed by atoms with van der Waals surface area (Å²) in [6, 6.07) is 24.5. The van der Waals surface area contributed by atoms with Crippen LogP contribution in [0.4, 0.5) is 0 Å². The number of Topliss-reactive ketones (excluding diaryl/α,β-unsaturated/α-hetero) is 1. The molecule has 5 nitrogen and oxygen atoms in total. The standard InChI is InChI=1S/C23H18N2O3/c26-22(13-12-20-15-21(25-28-20)17-7-3-1-4-8-17)18-11-14-23(24-16-18)27-19-9-5-2-6-10-19/h1-11,14-16H,12-13H2. The highest BCUT2D eigenvalue weighted by atomic mass is 16.5. The second-order valence-electron chi connectivity index (χ2n) is 6.27. The van der Waals surface area contributed by atoms with E-state index in [0.29, 0.717) is 35.8 Å². The second-order valence-corrected chi connectivity index (χ2v) is 6.27. The Labute approximate surface area is 162 Å². The van der Waals surface area contributed by atoms with E-state index in [0.717, 1.165) is 11.3 Å². The van der Waals surface area contributed by atoms with Crippen LogP contribution < -0.4 is 4.74 Å². The lowest BCUT2D eigenvalue weighted by Gasteiger charge is -2.05. The number of pyridine rings is 1. The van der Waals surface area contributed by atoms with Gasteiger partial charge in [-0.1, -0.05) is 53.7 Å². The van der Waals surface area contributed by atoms with E-state index < -0.39 is 0 Å². The average molecular weight is 370 g/mol. The van der Waals surface area contributed by atoms with Gasteiger partial charge in [0.1, 0.15) is 17.2 Å². The molecular weight excluding hydrogens is 352 g/mol. The van der Waals surface area contributed by atoms with E-state index in [4.69, 9.17) is 9.26 Å². The van der Waals surface area contributed by atoms with Crippen LogP contribution in [0.15, 0.2) is 89.6 Å². The number of rotatable bonds is 7. The number of ether oxygens (including phenoxy) is 1. The molecule has 4 rings (SSSR count). The number of ketones is 1. The van der Waals surface area contributed by atoms with Crippen molar-refractivity contribution >= 4 is 5.78 Å². The van der Waals surface area contributed by atoms with Crippen LogP contribution in [-0.4, -0.2) is 15.9 Å². The van der Waals surface area contributed by atoms with Crippen molar-refractivity contribution < 1.29 is 14.1 Å². The van der Waals surface area contributed by atoms with Crippen molar-refractivity contribution in [3.63, 3.8) is 0 Å². The summed E-state index contributed by atoms with van der Waals surface area (Å²) in [4.78, 5) is 16.6. The lowest BCUT2D eigenvalue weighted by molar-refractivity contribution is 0.0980. The van der Waals surface area contributed by atoms with E-state index in [-0.39, 0.29) is 5.78 Å². The second kappa shape index (κ2) is 8.31. The van der Waals surface area contributed by atoms with Crippen molar-refractivity contribution in [1.82, 2.24) is 10.1 Å². The molecule has 0 saturated heterocycles. The van der Waals surface area contributed by atoms with Crippen LogP contribution in [0.5, 0.6) is 11.6 Å². The van der Waals surface area contributed by atoms with E-state index in [2.05, 4.69) is 10.1 Å². The fourth-order valence-corrected chi connectivity index (χ4v) is 2.77. The topological polar surface area (TPSA) is 65.2 Å². The first-order valence-electron chi connectivity index (χ1n) is 9.01. The molecule has 5 heteroatoms. The molecule has 28 heavy (non-hydrogen) atoms. The van der Waals surface area contributed by atoms with Gasteiger partial charge in [-0.2, -0.15) is 0 Å². The Bertz CT molecular complexity index is 1040. The van der Waals surface area contributed by atoms with E-state index in [1.54, 1.807) is 12.1 Å². The molecule has 0 unspecified atom stereocenters. The monoisotopic (exact) mass is 370 g/mol. The third kappa shape index (κ3) is 4.32. The number of hydrogen-bond acceptors (Lipinski definition) is 5. The summed E-state index contributed by atoms with van der Waals surface area (Å²) in [6.45, 7) is 0. The molecule has 0 bridgehead atoms. The number of aromatic nitrogens is 2. The molecular formula is C23H18N2O3. The van der Waals surface area contributed by atoms with Crippen LogP contribution in [-0.2, 0) is 6.42 Å². The van der Waals surface area contributed by atoms with Crippen molar-refractivity contribution in [3.05, 3.63) is 96.4 Å². The minimum atomic E-state index is -0.00331. The zero-order valence-corrected chi connectivity index (χ0v) is 15.1. The van der Waals surface area contributed by atoms with Crippen molar-refractivity contribution in [2.75, 3.05) is 0 Å². The van der Waals surface area contributed by atoms with Crippen LogP contribution in [0.2, 0.25) is 0 Å². The van der Waals surface area contributed by atoms with Gasteiger partial charge in [0.15, 0.2) is 5.78 Å². The van der Waals surface area contributed by atoms with Gasteiger partial charge in [0.05, 0.1) is 0 Å². The first kappa shape index (κ1) is 17.7. The van der Waals surface area contributed by atoms with Gasteiger partial charge in [-0.05, 0) is 18.2 Å². The van der Waals surface area contributed by atoms with Gasteiger partial charge >= 0.3 is 0 Å². The maximum absolute atomic E-state index is 12.4. The predicted octanol–water partition coefficient (Wildman–Crippen LogP) is 5.34. The van der Waals surface area contributed by atoms with Crippen LogP contribution >= 0.6 is 0 Å². The number of benzene rings is 2. The van der Waals surface area contributed by atoms with Gasteiger partial charge in [0, 0.05) is 42.3 Å². The Morgan fingerprint density at radius 2 is 1.68 bits per heavy atom. The van der Waals surface area contributed by atoms with Crippen molar-refractivity contribution in [1.29, 1.82) is 0 Å². The van der Waals surface area contributed by atoms with Gasteiger partial charge in [-0.3, -0.25) is 4.79 Å². The number of carbonyl (C=O) groups excluding carboxylic acids is 1. The molecule has 0 radical (unpaired) electrons. The maximum Gasteiger partial charge on any atom is 0.219 e. The lowest BCUT2D eigenvalue weighted by Crippen LogP contribution is -2.01. The minimum absolute atomic E-state index is 0.00331. The first-order chi connectivity index (χ1) is 13.8. The third-order valence-electron chi connectivity index (χ3n) is 4.25. The fraction of sp³-hybridized carbons (Fsp3) is 0.0870. The molecule has 0 saturated carbocycles. The van der Waals surface area contributed by atoms with Crippen LogP contribution in [0.3, 0.4) is 0 Å². The number of nitrogens with zero attached hydrogens (tertiary/aromatic N) is 2. The molecule has 0 fully saturated rings. The smallest absolute Gasteiger partial charge is 0.219 e. The van der Waals surface area contributed by atoms with Crippen LogP contribution in [0.1, 0.15) is 22.5 Å². The molecule has 2 aromatic heterocycles. The molecule has 0 aliphatic heterocycles. The summed E-state index contributed by atoms with van der Waals surface area (Å²) in [7, 11) is 0. The highest BCUT2D eigenvalue weighted by Gasteiger charge is 2.11. The zero-order chi connectivity index (χ0) is 19.2. The third-order valence-corrected chi connectivity index (χ3v) is 4.25. The van der Waals surface area contributed by atoms with E-state index >= 15 is 0 Å². The molecule has 2 aromatic carbocycles. The highest BCUT2D eigenvalue weighted by Crippen LogP contribution is 2.21. The van der Waals surface area contributed by atoms with Gasteiger partial charge in [-0.25, -0.2) is 4.98 Å². The SMILES string of the molecule is O=C(CCc1cc(-c2ccccc2)no1)c1ccc(Oc2ccccc2)nc1. The average Bonchev–Trinajstić information content (AvgIpc) is 3.23. The maximum atomic E-state index is 12.4. The summed E-state index contributed by atoms with van der Waals surface area (Å²) in [5.41, 5.74) is 2.30. The van der Waals surface area contributed by atoms with E-state index in [1.807, 2.05) is 66.7 Å². The van der Waals surface area contributed by atoms with Crippen molar-refractivity contribution in [2.45, 2.75) is 12.8 Å². The summed E-state index contributed by atoms with van der Waals surface area (Å²) < 4.78 is 11.0. The lowest BCUT2D eigenvalue weighted by atomic mass is 10.1. The van der Waals surface area contributed by atoms with Crippen molar-refractivity contribution in [3.8, 4) is 22.9 Å². The fourth-order valence-electron chi connectivity index (χ4n) is 2.77. The Hall–Kier alpha value is -3.73. The first-order valence-corrected chi connectivity index (χ1v) is 9.01. The Balaban J connectivity index is 1.34. The minimum Gasteiger partial charge on any atom is -0.439 e. The van der Waals surface area contributed by atoms with E-state index in [1.165, 1.54) is 6.20 Å². The molecule has 0 aliphatic carbocycles. The predicted molar refractivity (Wildman–Crippen MR) is 105 cm³/mol. The summed E-state index contributed by atoms with van der Waals surface area (Å²) in [6.07, 6.45) is 2.35. The Morgan fingerprint density at radius 3 is 2.39 bits per heavy atom. The van der Waals surface area contributed by atoms with Crippen LogP contribution in [0, 0.1) is 0 Å². The van der Waals surface area contributed by atoms with Gasteiger partial charge in [0.2, 0.25) is 5.88 Å². The number of para-hydroxylation sites is 1. The molecule has 0 atom stereocenters. The number of aryl methyl sites for hydroxylation is 1. The molecule has 4 aromatic rings. The molecule has 0 spiro atoms. The van der Waals surface area contributed by atoms with Gasteiger partial charge < -0.3 is 9.26 Å². The van der Waals surface area contributed by atoms with Crippen LogP contribution in [0.25, 0.3) is 11.3 Å². The molecule has 2 heterocycles. The summed E-state index contributed by atoms with van der Waals surface area (Å²) >= 11 is 0. The van der Waals surface area contributed by atoms with Crippen molar-refractivity contribution in [2.24, 2.45) is 0 Å². The molecule has 138 valence electrons. The quantitative estimate of drug-likeness (QED) is 0.411. The molecule has 0 aliphatic rings. The Morgan fingerprint density at radius 1 is 0.929 bits per heavy atom. The van der Waals surface area contributed by atoms with Gasteiger partial charge in [-0.15, -0.1) is 0 Å². The number of carbonyl (C=O) groups is 1. The number of hydrogen-bond donors (Lipinski definition) is 0.